The van der Waals surface area contributed by atoms with Crippen LogP contribution in [0.15, 0.2) is 29.3 Å². The lowest BCUT2D eigenvalue weighted by atomic mass is 10.1. The van der Waals surface area contributed by atoms with E-state index >= 15 is 0 Å². The smallest absolute Gasteiger partial charge is 0.256 e. The monoisotopic (exact) mass is 458 g/mol. The first kappa shape index (κ1) is 24.2. The molecular formula is C24H28F2N4O3. The van der Waals surface area contributed by atoms with Crippen LogP contribution in [-0.2, 0) is 6.42 Å². The molecule has 7 nitrogen and oxygen atoms in total. The summed E-state index contributed by atoms with van der Waals surface area (Å²) >= 11 is 0. The molecule has 0 aliphatic rings. The number of H-pyrrole nitrogens is 1. The second kappa shape index (κ2) is 9.97. The second-order valence-electron chi connectivity index (χ2n) is 8.02. The first-order chi connectivity index (χ1) is 15.7. The number of aromatic amines is 1. The first-order valence-corrected chi connectivity index (χ1v) is 11.0. The molecule has 0 spiro atoms. The molecule has 1 aromatic carbocycles. The topological polar surface area (TPSA) is 96.0 Å². The van der Waals surface area contributed by atoms with Crippen molar-refractivity contribution < 1.29 is 18.4 Å². The quantitative estimate of drug-likeness (QED) is 0.481. The Morgan fingerprint density at radius 2 is 1.73 bits per heavy atom. The third kappa shape index (κ3) is 4.97. The van der Waals surface area contributed by atoms with Gasteiger partial charge in [0.15, 0.2) is 0 Å². The highest BCUT2D eigenvalue weighted by Gasteiger charge is 2.20. The van der Waals surface area contributed by atoms with Gasteiger partial charge in [0.2, 0.25) is 5.43 Å². The minimum Gasteiger partial charge on any atom is -0.356 e. The maximum atomic E-state index is 14.0. The van der Waals surface area contributed by atoms with Gasteiger partial charge in [0.25, 0.3) is 11.8 Å². The average molecular weight is 459 g/mol. The Bertz CT molecular complexity index is 1260. The van der Waals surface area contributed by atoms with Gasteiger partial charge in [0.05, 0.1) is 5.52 Å². The number of hydrogen-bond acceptors (Lipinski definition) is 3. The summed E-state index contributed by atoms with van der Waals surface area (Å²) in [6, 6.07) is 2.04. The zero-order chi connectivity index (χ0) is 24.3. The predicted octanol–water partition coefficient (Wildman–Crippen LogP) is 3.61. The van der Waals surface area contributed by atoms with Crippen LogP contribution in [0.5, 0.6) is 0 Å². The number of nitrogens with one attached hydrogen (secondary N) is 3. The number of pyridine rings is 1. The lowest BCUT2D eigenvalue weighted by molar-refractivity contribution is 0.0951. The summed E-state index contributed by atoms with van der Waals surface area (Å²) < 4.78 is 29.4. The van der Waals surface area contributed by atoms with Crippen molar-refractivity contribution in [1.82, 2.24) is 20.2 Å². The van der Waals surface area contributed by atoms with E-state index in [2.05, 4.69) is 15.6 Å². The number of aromatic nitrogens is 2. The van der Waals surface area contributed by atoms with Crippen LogP contribution in [0.25, 0.3) is 10.9 Å². The predicted molar refractivity (Wildman–Crippen MR) is 123 cm³/mol. The molecule has 2 amide bonds. The Morgan fingerprint density at radius 3 is 2.33 bits per heavy atom. The number of rotatable bonds is 8. The number of benzene rings is 1. The summed E-state index contributed by atoms with van der Waals surface area (Å²) in [6.07, 6.45) is 3.97. The first-order valence-electron chi connectivity index (χ1n) is 11.0. The molecule has 0 aliphatic carbocycles. The number of aryl methyl sites for hydroxylation is 1. The minimum atomic E-state index is -0.684. The zero-order valence-corrected chi connectivity index (χ0v) is 19.1. The Kier molecular flexibility index (Phi) is 7.30. The van der Waals surface area contributed by atoms with Crippen molar-refractivity contribution in [2.24, 2.45) is 0 Å². The van der Waals surface area contributed by atoms with Gasteiger partial charge in [-0.2, -0.15) is 0 Å². The van der Waals surface area contributed by atoms with Crippen molar-refractivity contribution in [2.75, 3.05) is 13.1 Å². The molecule has 3 rings (SSSR count). The second-order valence-corrected chi connectivity index (χ2v) is 8.02. The largest absolute Gasteiger partial charge is 0.356 e. The van der Waals surface area contributed by atoms with Gasteiger partial charge in [-0.15, -0.1) is 0 Å². The van der Waals surface area contributed by atoms with E-state index in [1.54, 1.807) is 18.4 Å². The number of hydrogen-bond donors (Lipinski definition) is 3. The Balaban J connectivity index is 1.85. The molecule has 0 fully saturated rings. The standard InChI is InChI=1S/C24H28F2N4O3/c1-5-13(3)30-11-18(23(32)27-6-2)22(31)19(12-30)24(33)28-8-7-16-14(4)29-21-17(16)9-15(25)10-20(21)26/h9-13,29H,5-8H2,1-4H3,(H,27,32)(H,28,33). The van der Waals surface area contributed by atoms with Crippen LogP contribution in [0.1, 0.15) is 65.2 Å². The summed E-state index contributed by atoms with van der Waals surface area (Å²) in [6.45, 7) is 7.86. The summed E-state index contributed by atoms with van der Waals surface area (Å²) in [7, 11) is 0. The fourth-order valence-corrected chi connectivity index (χ4v) is 3.76. The van der Waals surface area contributed by atoms with Crippen molar-refractivity contribution in [3.8, 4) is 0 Å². The lowest BCUT2D eigenvalue weighted by Gasteiger charge is -2.17. The van der Waals surface area contributed by atoms with E-state index in [1.165, 1.54) is 18.5 Å². The van der Waals surface area contributed by atoms with E-state index in [-0.39, 0.29) is 29.2 Å². The molecule has 0 saturated heterocycles. The highest BCUT2D eigenvalue weighted by Crippen LogP contribution is 2.26. The molecule has 0 bridgehead atoms. The Morgan fingerprint density at radius 1 is 1.09 bits per heavy atom. The summed E-state index contributed by atoms with van der Waals surface area (Å²) in [5, 5.41) is 5.71. The van der Waals surface area contributed by atoms with Crippen LogP contribution in [0.3, 0.4) is 0 Å². The van der Waals surface area contributed by atoms with Gasteiger partial charge in [-0.1, -0.05) is 6.92 Å². The molecule has 0 saturated carbocycles. The molecule has 1 atom stereocenters. The van der Waals surface area contributed by atoms with Crippen LogP contribution >= 0.6 is 0 Å². The van der Waals surface area contributed by atoms with Gasteiger partial charge in [-0.05, 0) is 45.2 Å². The molecule has 0 aliphatic heterocycles. The molecule has 3 N–H and O–H groups in total. The lowest BCUT2D eigenvalue weighted by Crippen LogP contribution is -2.36. The molecule has 3 aromatic rings. The van der Waals surface area contributed by atoms with Crippen molar-refractivity contribution in [3.05, 3.63) is 68.8 Å². The van der Waals surface area contributed by atoms with Gasteiger partial charge >= 0.3 is 0 Å². The van der Waals surface area contributed by atoms with E-state index in [9.17, 15) is 23.2 Å². The third-order valence-electron chi connectivity index (χ3n) is 5.78. The molecule has 2 aromatic heterocycles. The summed E-state index contributed by atoms with van der Waals surface area (Å²) in [5.41, 5.74) is 0.680. The maximum Gasteiger partial charge on any atom is 0.256 e. The molecule has 176 valence electrons. The number of amides is 2. The molecular weight excluding hydrogens is 430 g/mol. The summed E-state index contributed by atoms with van der Waals surface area (Å²) in [4.78, 5) is 41.0. The van der Waals surface area contributed by atoms with E-state index in [0.29, 0.717) is 29.6 Å². The normalized spacial score (nSPS) is 12.1. The highest BCUT2D eigenvalue weighted by atomic mass is 19.1. The minimum absolute atomic E-state index is 0.0241. The van der Waals surface area contributed by atoms with Crippen molar-refractivity contribution >= 4 is 22.7 Å². The van der Waals surface area contributed by atoms with Crippen molar-refractivity contribution in [2.45, 2.75) is 46.6 Å². The van der Waals surface area contributed by atoms with Gasteiger partial charge in [-0.25, -0.2) is 8.78 Å². The number of fused-ring (bicyclic) bond motifs is 1. The zero-order valence-electron chi connectivity index (χ0n) is 19.1. The van der Waals surface area contributed by atoms with Crippen LogP contribution in [0.2, 0.25) is 0 Å². The summed E-state index contributed by atoms with van der Waals surface area (Å²) in [5.74, 6) is -2.51. The van der Waals surface area contributed by atoms with Gasteiger partial charge in [-0.3, -0.25) is 14.4 Å². The van der Waals surface area contributed by atoms with Gasteiger partial charge in [0, 0.05) is 48.7 Å². The molecule has 1 unspecified atom stereocenters. The van der Waals surface area contributed by atoms with Crippen LogP contribution < -0.4 is 16.1 Å². The number of carbonyl (C=O) groups is 2. The van der Waals surface area contributed by atoms with Crippen LogP contribution in [0, 0.1) is 18.6 Å². The van der Waals surface area contributed by atoms with Crippen molar-refractivity contribution in [3.63, 3.8) is 0 Å². The Labute approximate surface area is 190 Å². The van der Waals surface area contributed by atoms with Gasteiger partial charge < -0.3 is 20.2 Å². The number of carbonyl (C=O) groups excluding carboxylic acids is 2. The van der Waals surface area contributed by atoms with Crippen LogP contribution in [-0.4, -0.2) is 34.5 Å². The van der Waals surface area contributed by atoms with E-state index in [0.717, 1.165) is 12.5 Å². The highest BCUT2D eigenvalue weighted by molar-refractivity contribution is 5.99. The number of nitrogens with zero attached hydrogens (tertiary/aromatic N) is 1. The molecule has 9 heteroatoms. The molecule has 33 heavy (non-hydrogen) atoms. The van der Waals surface area contributed by atoms with Crippen LogP contribution in [0.4, 0.5) is 8.78 Å². The Hall–Kier alpha value is -3.49. The van der Waals surface area contributed by atoms with E-state index in [1.807, 2.05) is 13.8 Å². The molecule has 0 radical (unpaired) electrons. The SMILES string of the molecule is CCNC(=O)c1cn(C(C)CC)cc(C(=O)NCCc2c(C)[nH]c3c(F)cc(F)cc23)c1=O. The fourth-order valence-electron chi connectivity index (χ4n) is 3.76. The fraction of sp³-hybridized carbons (Fsp3) is 0.375. The number of halogens is 2. The molecule has 2 heterocycles. The van der Waals surface area contributed by atoms with E-state index in [4.69, 9.17) is 0 Å². The van der Waals surface area contributed by atoms with Gasteiger partial charge in [0.1, 0.15) is 22.8 Å². The third-order valence-corrected chi connectivity index (χ3v) is 5.78. The maximum absolute atomic E-state index is 14.0. The van der Waals surface area contributed by atoms with E-state index < -0.39 is 28.9 Å². The van der Waals surface area contributed by atoms with Crippen molar-refractivity contribution in [1.29, 1.82) is 0 Å². The average Bonchev–Trinajstić information content (AvgIpc) is 3.09.